The Hall–Kier alpha value is -1.60. The molecule has 0 saturated carbocycles. The van der Waals surface area contributed by atoms with Crippen LogP contribution in [0, 0.1) is 17.2 Å². The van der Waals surface area contributed by atoms with Gasteiger partial charge in [0, 0.05) is 25.9 Å². The monoisotopic (exact) mass is 217 g/mol. The van der Waals surface area contributed by atoms with Gasteiger partial charge in [0.25, 0.3) is 0 Å². The zero-order valence-electron chi connectivity index (χ0n) is 9.13. The first-order valence-corrected chi connectivity index (χ1v) is 5.56. The fourth-order valence-corrected chi connectivity index (χ4v) is 2.06. The predicted molar refractivity (Wildman–Crippen MR) is 61.0 cm³/mol. The van der Waals surface area contributed by atoms with Gasteiger partial charge in [-0.2, -0.15) is 5.26 Å². The van der Waals surface area contributed by atoms with Crippen molar-refractivity contribution in [1.29, 1.82) is 5.26 Å². The van der Waals surface area contributed by atoms with Gasteiger partial charge in [-0.15, -0.1) is 0 Å². The molecule has 1 aromatic heterocycles. The lowest BCUT2D eigenvalue weighted by Crippen LogP contribution is -2.35. The quantitative estimate of drug-likeness (QED) is 0.807. The number of rotatable bonds is 2. The number of nitrogens with zero attached hydrogens (tertiary/aromatic N) is 3. The molecule has 4 heteroatoms. The summed E-state index contributed by atoms with van der Waals surface area (Å²) in [6.07, 6.45) is 3.66. The average Bonchev–Trinajstić information content (AvgIpc) is 2.39. The van der Waals surface area contributed by atoms with E-state index >= 15 is 0 Å². The van der Waals surface area contributed by atoms with Gasteiger partial charge in [-0.25, -0.2) is 4.98 Å². The van der Waals surface area contributed by atoms with Crippen LogP contribution in [0.25, 0.3) is 0 Å². The molecule has 1 aliphatic rings. The van der Waals surface area contributed by atoms with Crippen LogP contribution < -0.4 is 4.90 Å². The van der Waals surface area contributed by atoms with Crippen molar-refractivity contribution in [3.63, 3.8) is 0 Å². The third kappa shape index (κ3) is 2.15. The van der Waals surface area contributed by atoms with E-state index in [4.69, 9.17) is 10.4 Å². The average molecular weight is 217 g/mol. The van der Waals surface area contributed by atoms with E-state index in [9.17, 15) is 0 Å². The van der Waals surface area contributed by atoms with Crippen LogP contribution in [-0.2, 0) is 0 Å². The Morgan fingerprint density at radius 3 is 2.88 bits per heavy atom. The normalized spacial score (nSPS) is 17.1. The molecule has 2 rings (SSSR count). The fraction of sp³-hybridized carbons (Fsp3) is 0.500. The minimum atomic E-state index is 0.265. The summed E-state index contributed by atoms with van der Waals surface area (Å²) in [6.45, 7) is 2.01. The summed E-state index contributed by atoms with van der Waals surface area (Å²) in [4.78, 5) is 6.39. The molecule has 1 aromatic rings. The molecule has 1 N–H and O–H groups in total. The molecule has 0 spiro atoms. The number of hydrogen-bond acceptors (Lipinski definition) is 4. The fourth-order valence-electron chi connectivity index (χ4n) is 2.06. The Bertz CT molecular complexity index is 391. The molecule has 4 nitrogen and oxygen atoms in total. The first-order valence-electron chi connectivity index (χ1n) is 5.56. The van der Waals surface area contributed by atoms with Gasteiger partial charge < -0.3 is 10.0 Å². The van der Waals surface area contributed by atoms with Gasteiger partial charge in [0.2, 0.25) is 0 Å². The van der Waals surface area contributed by atoms with E-state index in [1.165, 1.54) is 0 Å². The maximum Gasteiger partial charge on any atom is 0.146 e. The van der Waals surface area contributed by atoms with Crippen LogP contribution in [-0.4, -0.2) is 29.8 Å². The Balaban J connectivity index is 2.11. The lowest BCUT2D eigenvalue weighted by Gasteiger charge is -2.32. The highest BCUT2D eigenvalue weighted by Crippen LogP contribution is 2.23. The summed E-state index contributed by atoms with van der Waals surface area (Å²) in [5, 5.41) is 18.1. The van der Waals surface area contributed by atoms with Crippen molar-refractivity contribution < 1.29 is 5.11 Å². The van der Waals surface area contributed by atoms with Crippen LogP contribution in [0.2, 0.25) is 0 Å². The number of aromatic nitrogens is 1. The molecule has 0 radical (unpaired) electrons. The van der Waals surface area contributed by atoms with Crippen LogP contribution in [0.1, 0.15) is 18.4 Å². The number of hydrogen-bond donors (Lipinski definition) is 1. The summed E-state index contributed by atoms with van der Waals surface area (Å²) in [5.41, 5.74) is 0.630. The smallest absolute Gasteiger partial charge is 0.146 e. The van der Waals surface area contributed by atoms with Crippen molar-refractivity contribution in [2.45, 2.75) is 12.8 Å². The highest BCUT2D eigenvalue weighted by molar-refractivity contribution is 5.53. The van der Waals surface area contributed by atoms with Crippen molar-refractivity contribution >= 4 is 5.82 Å². The SMILES string of the molecule is N#Cc1cccnc1N1CCC(CO)CC1. The highest BCUT2D eigenvalue weighted by atomic mass is 16.3. The molecule has 0 unspecified atom stereocenters. The second-order valence-corrected chi connectivity index (χ2v) is 4.10. The lowest BCUT2D eigenvalue weighted by atomic mass is 9.98. The van der Waals surface area contributed by atoms with Gasteiger partial charge in [-0.05, 0) is 30.9 Å². The summed E-state index contributed by atoms with van der Waals surface area (Å²) < 4.78 is 0. The maximum atomic E-state index is 9.06. The molecule has 84 valence electrons. The molecule has 0 amide bonds. The molecular formula is C12H15N3O. The number of anilines is 1. The number of aliphatic hydroxyl groups is 1. The maximum absolute atomic E-state index is 9.06. The molecule has 2 heterocycles. The molecule has 0 bridgehead atoms. The second kappa shape index (κ2) is 4.95. The molecule has 1 fully saturated rings. The second-order valence-electron chi connectivity index (χ2n) is 4.10. The number of nitriles is 1. The lowest BCUT2D eigenvalue weighted by molar-refractivity contribution is 0.203. The van der Waals surface area contributed by atoms with Gasteiger partial charge in [0.15, 0.2) is 0 Å². The molecular weight excluding hydrogens is 202 g/mol. The van der Waals surface area contributed by atoms with Crippen molar-refractivity contribution in [2.24, 2.45) is 5.92 Å². The van der Waals surface area contributed by atoms with E-state index in [0.717, 1.165) is 31.7 Å². The van der Waals surface area contributed by atoms with E-state index in [1.54, 1.807) is 18.3 Å². The molecule has 1 saturated heterocycles. The minimum absolute atomic E-state index is 0.265. The Kier molecular flexibility index (Phi) is 3.37. The van der Waals surface area contributed by atoms with Crippen molar-refractivity contribution in [1.82, 2.24) is 4.98 Å². The molecule has 0 aromatic carbocycles. The Morgan fingerprint density at radius 2 is 2.25 bits per heavy atom. The highest BCUT2D eigenvalue weighted by Gasteiger charge is 2.20. The summed E-state index contributed by atoms with van der Waals surface area (Å²) >= 11 is 0. The standard InChI is InChI=1S/C12H15N3O/c13-8-11-2-1-5-14-12(11)15-6-3-10(9-16)4-7-15/h1-2,5,10,16H,3-4,6-7,9H2. The molecule has 1 aliphatic heterocycles. The summed E-state index contributed by atoms with van der Waals surface area (Å²) in [5.74, 6) is 1.19. The summed E-state index contributed by atoms with van der Waals surface area (Å²) in [7, 11) is 0. The molecule has 0 atom stereocenters. The van der Waals surface area contributed by atoms with Crippen molar-refractivity contribution in [3.05, 3.63) is 23.9 Å². The summed E-state index contributed by atoms with van der Waals surface area (Å²) in [6, 6.07) is 5.74. The molecule has 16 heavy (non-hydrogen) atoms. The zero-order chi connectivity index (χ0) is 11.4. The number of pyridine rings is 1. The van der Waals surface area contributed by atoms with Crippen molar-refractivity contribution in [3.8, 4) is 6.07 Å². The van der Waals surface area contributed by atoms with Gasteiger partial charge in [0.05, 0.1) is 5.56 Å². The van der Waals surface area contributed by atoms with Crippen LogP contribution in [0.3, 0.4) is 0 Å². The van der Waals surface area contributed by atoms with Gasteiger partial charge in [-0.3, -0.25) is 0 Å². The number of piperidine rings is 1. The topological polar surface area (TPSA) is 60.2 Å². The van der Waals surface area contributed by atoms with Gasteiger partial charge in [-0.1, -0.05) is 0 Å². The zero-order valence-corrected chi connectivity index (χ0v) is 9.13. The largest absolute Gasteiger partial charge is 0.396 e. The first kappa shape index (κ1) is 10.9. The Morgan fingerprint density at radius 1 is 1.50 bits per heavy atom. The van der Waals surface area contributed by atoms with Crippen LogP contribution in [0.5, 0.6) is 0 Å². The van der Waals surface area contributed by atoms with E-state index < -0.39 is 0 Å². The van der Waals surface area contributed by atoms with Gasteiger partial charge in [0.1, 0.15) is 11.9 Å². The van der Waals surface area contributed by atoms with E-state index in [1.807, 2.05) is 0 Å². The van der Waals surface area contributed by atoms with Crippen LogP contribution in [0.4, 0.5) is 5.82 Å². The van der Waals surface area contributed by atoms with E-state index in [0.29, 0.717) is 11.5 Å². The predicted octanol–water partition coefficient (Wildman–Crippen LogP) is 1.16. The number of aliphatic hydroxyl groups excluding tert-OH is 1. The van der Waals surface area contributed by atoms with E-state index in [-0.39, 0.29) is 6.61 Å². The third-order valence-electron chi connectivity index (χ3n) is 3.08. The first-order chi connectivity index (χ1) is 7.85. The van der Waals surface area contributed by atoms with Crippen LogP contribution in [0.15, 0.2) is 18.3 Å². The third-order valence-corrected chi connectivity index (χ3v) is 3.08. The van der Waals surface area contributed by atoms with Crippen molar-refractivity contribution in [2.75, 3.05) is 24.6 Å². The van der Waals surface area contributed by atoms with E-state index in [2.05, 4.69) is 16.0 Å². The minimum Gasteiger partial charge on any atom is -0.396 e. The van der Waals surface area contributed by atoms with Crippen LogP contribution >= 0.6 is 0 Å². The van der Waals surface area contributed by atoms with Gasteiger partial charge >= 0.3 is 0 Å². The molecule has 0 aliphatic carbocycles. The Labute approximate surface area is 95.1 Å².